The summed E-state index contributed by atoms with van der Waals surface area (Å²) in [7, 11) is 0. The maximum absolute atomic E-state index is 11.7. The Kier molecular flexibility index (Phi) is 7.41. The fourth-order valence-corrected chi connectivity index (χ4v) is 2.46. The first-order chi connectivity index (χ1) is 9.51. The van der Waals surface area contributed by atoms with E-state index in [1.165, 1.54) is 12.8 Å². The Hall–Kier alpha value is -1.26. The van der Waals surface area contributed by atoms with Crippen LogP contribution >= 0.6 is 0 Å². The van der Waals surface area contributed by atoms with Crippen molar-refractivity contribution in [3.63, 3.8) is 0 Å². The molecule has 0 aromatic carbocycles. The number of hydrogen-bond acceptors (Lipinski definition) is 2. The zero-order valence-corrected chi connectivity index (χ0v) is 12.7. The molecule has 0 bridgehead atoms. The number of carboxylic acid groups (broad SMARTS) is 1. The summed E-state index contributed by atoms with van der Waals surface area (Å²) >= 11 is 0. The number of nitrogens with one attached hydrogen (secondary N) is 2. The Labute approximate surface area is 121 Å². The molecular formula is C15H28N2O3. The molecule has 20 heavy (non-hydrogen) atoms. The number of carbonyl (C=O) groups excluding carboxylic acids is 1. The second-order valence-electron chi connectivity index (χ2n) is 5.98. The molecule has 2 amide bonds. The Balaban J connectivity index is 2.07. The number of amides is 2. The van der Waals surface area contributed by atoms with Crippen molar-refractivity contribution in [1.82, 2.24) is 10.6 Å². The first-order valence-corrected chi connectivity index (χ1v) is 7.77. The Morgan fingerprint density at radius 3 is 2.55 bits per heavy atom. The quantitative estimate of drug-likeness (QED) is 0.577. The topological polar surface area (TPSA) is 78.4 Å². The Morgan fingerprint density at radius 2 is 2.00 bits per heavy atom. The van der Waals surface area contributed by atoms with Crippen molar-refractivity contribution < 1.29 is 14.7 Å². The van der Waals surface area contributed by atoms with Gasteiger partial charge in [-0.25, -0.2) is 4.79 Å². The van der Waals surface area contributed by atoms with Crippen LogP contribution in [0, 0.1) is 11.8 Å². The van der Waals surface area contributed by atoms with Crippen LogP contribution in [-0.4, -0.2) is 29.7 Å². The molecule has 1 aliphatic carbocycles. The second kappa shape index (κ2) is 8.82. The highest BCUT2D eigenvalue weighted by Gasteiger charge is 2.24. The molecular weight excluding hydrogens is 256 g/mol. The highest BCUT2D eigenvalue weighted by molar-refractivity contribution is 5.74. The van der Waals surface area contributed by atoms with Crippen molar-refractivity contribution in [3.8, 4) is 0 Å². The van der Waals surface area contributed by atoms with Crippen LogP contribution in [0.2, 0.25) is 0 Å². The van der Waals surface area contributed by atoms with Gasteiger partial charge < -0.3 is 15.7 Å². The van der Waals surface area contributed by atoms with Gasteiger partial charge >= 0.3 is 12.0 Å². The van der Waals surface area contributed by atoms with E-state index in [9.17, 15) is 9.59 Å². The predicted octanol–water partition coefficient (Wildman–Crippen LogP) is 2.76. The Morgan fingerprint density at radius 1 is 1.30 bits per heavy atom. The number of rotatable bonds is 10. The summed E-state index contributed by atoms with van der Waals surface area (Å²) in [5.41, 5.74) is 0. The minimum Gasteiger partial charge on any atom is -0.481 e. The molecule has 2 unspecified atom stereocenters. The van der Waals surface area contributed by atoms with E-state index in [1.807, 2.05) is 6.92 Å². The summed E-state index contributed by atoms with van der Waals surface area (Å²) in [5, 5.41) is 14.5. The van der Waals surface area contributed by atoms with Crippen molar-refractivity contribution in [2.75, 3.05) is 6.54 Å². The zero-order chi connectivity index (χ0) is 15.0. The maximum Gasteiger partial charge on any atom is 0.314 e. The van der Waals surface area contributed by atoms with E-state index in [2.05, 4.69) is 17.6 Å². The van der Waals surface area contributed by atoms with E-state index in [0.717, 1.165) is 25.2 Å². The third kappa shape index (κ3) is 8.02. The molecule has 116 valence electrons. The third-order valence-electron chi connectivity index (χ3n) is 3.94. The molecule has 0 aromatic heterocycles. The first-order valence-electron chi connectivity index (χ1n) is 7.77. The molecule has 3 N–H and O–H groups in total. The molecule has 0 saturated heterocycles. The molecule has 1 saturated carbocycles. The largest absolute Gasteiger partial charge is 0.481 e. The average Bonchev–Trinajstić information content (AvgIpc) is 3.16. The molecule has 0 aromatic rings. The fraction of sp³-hybridized carbons (Fsp3) is 0.867. The van der Waals surface area contributed by atoms with Gasteiger partial charge in [-0.05, 0) is 38.0 Å². The smallest absolute Gasteiger partial charge is 0.314 e. The van der Waals surface area contributed by atoms with Crippen LogP contribution in [0.3, 0.4) is 0 Å². The van der Waals surface area contributed by atoms with Gasteiger partial charge in [0.25, 0.3) is 0 Å². The number of urea groups is 1. The van der Waals surface area contributed by atoms with Crippen LogP contribution in [0.25, 0.3) is 0 Å². The molecule has 0 spiro atoms. The minimum absolute atomic E-state index is 0.105. The third-order valence-corrected chi connectivity index (χ3v) is 3.94. The van der Waals surface area contributed by atoms with Gasteiger partial charge in [0.1, 0.15) is 0 Å². The zero-order valence-electron chi connectivity index (χ0n) is 12.7. The van der Waals surface area contributed by atoms with Gasteiger partial charge in [-0.3, -0.25) is 4.79 Å². The van der Waals surface area contributed by atoms with Crippen molar-refractivity contribution in [2.24, 2.45) is 11.8 Å². The molecule has 0 radical (unpaired) electrons. The molecule has 5 heteroatoms. The summed E-state index contributed by atoms with van der Waals surface area (Å²) < 4.78 is 0. The number of carbonyl (C=O) groups is 2. The highest BCUT2D eigenvalue weighted by Crippen LogP contribution is 2.33. The van der Waals surface area contributed by atoms with E-state index >= 15 is 0 Å². The van der Waals surface area contributed by atoms with E-state index in [1.54, 1.807) is 0 Å². The summed E-state index contributed by atoms with van der Waals surface area (Å²) in [6, 6.07) is 0.128. The fourth-order valence-electron chi connectivity index (χ4n) is 2.46. The van der Waals surface area contributed by atoms with E-state index in [0.29, 0.717) is 18.9 Å². The lowest BCUT2D eigenvalue weighted by atomic mass is 9.97. The highest BCUT2D eigenvalue weighted by atomic mass is 16.4. The standard InChI is InChI=1S/C15H28N2O3/c1-3-12(6-7-14(18)19)8-9-16-15(20)17-11(2)10-13-4-5-13/h11-13H,3-10H2,1-2H3,(H,18,19)(H2,16,17,20). The van der Waals surface area contributed by atoms with Crippen molar-refractivity contribution >= 4 is 12.0 Å². The summed E-state index contributed by atoms with van der Waals surface area (Å²) in [6.45, 7) is 4.71. The molecule has 1 fully saturated rings. The molecule has 0 aliphatic heterocycles. The molecule has 2 atom stereocenters. The first kappa shape index (κ1) is 16.8. The lowest BCUT2D eigenvalue weighted by Gasteiger charge is -2.16. The lowest BCUT2D eigenvalue weighted by Crippen LogP contribution is -2.41. The van der Waals surface area contributed by atoms with Crippen molar-refractivity contribution in [1.29, 1.82) is 0 Å². The summed E-state index contributed by atoms with van der Waals surface area (Å²) in [4.78, 5) is 22.2. The van der Waals surface area contributed by atoms with Crippen LogP contribution in [-0.2, 0) is 4.79 Å². The maximum atomic E-state index is 11.7. The monoisotopic (exact) mass is 284 g/mol. The minimum atomic E-state index is -0.747. The number of carboxylic acids is 1. The van der Waals surface area contributed by atoms with Crippen LogP contribution in [0.5, 0.6) is 0 Å². The van der Waals surface area contributed by atoms with Gasteiger partial charge in [0.05, 0.1) is 0 Å². The summed E-state index contributed by atoms with van der Waals surface area (Å²) in [6.07, 6.45) is 6.37. The van der Waals surface area contributed by atoms with Gasteiger partial charge in [0.15, 0.2) is 0 Å². The van der Waals surface area contributed by atoms with Crippen LogP contribution in [0.1, 0.15) is 58.8 Å². The normalized spacial score (nSPS) is 17.3. The van der Waals surface area contributed by atoms with E-state index in [-0.39, 0.29) is 18.5 Å². The van der Waals surface area contributed by atoms with Gasteiger partial charge in [0.2, 0.25) is 0 Å². The van der Waals surface area contributed by atoms with Crippen LogP contribution in [0.4, 0.5) is 4.79 Å². The van der Waals surface area contributed by atoms with Crippen LogP contribution in [0.15, 0.2) is 0 Å². The molecule has 1 rings (SSSR count). The second-order valence-corrected chi connectivity index (χ2v) is 5.98. The number of aliphatic carboxylic acids is 1. The van der Waals surface area contributed by atoms with E-state index in [4.69, 9.17) is 5.11 Å². The average molecular weight is 284 g/mol. The number of hydrogen-bond donors (Lipinski definition) is 3. The predicted molar refractivity (Wildman–Crippen MR) is 78.6 cm³/mol. The SMILES string of the molecule is CCC(CCNC(=O)NC(C)CC1CC1)CCC(=O)O. The van der Waals surface area contributed by atoms with Gasteiger partial charge in [-0.15, -0.1) is 0 Å². The lowest BCUT2D eigenvalue weighted by molar-refractivity contribution is -0.137. The Bertz CT molecular complexity index is 316. The van der Waals surface area contributed by atoms with Crippen molar-refractivity contribution in [3.05, 3.63) is 0 Å². The molecule has 5 nitrogen and oxygen atoms in total. The van der Waals surface area contributed by atoms with Crippen LogP contribution < -0.4 is 10.6 Å². The van der Waals surface area contributed by atoms with Gasteiger partial charge in [-0.1, -0.05) is 26.2 Å². The summed E-state index contributed by atoms with van der Waals surface area (Å²) in [5.74, 6) is 0.434. The van der Waals surface area contributed by atoms with Gasteiger partial charge in [0, 0.05) is 19.0 Å². The molecule has 1 aliphatic rings. The van der Waals surface area contributed by atoms with Crippen molar-refractivity contribution in [2.45, 2.75) is 64.8 Å². The van der Waals surface area contributed by atoms with E-state index < -0.39 is 5.97 Å². The van der Waals surface area contributed by atoms with Gasteiger partial charge in [-0.2, -0.15) is 0 Å². The molecule has 0 heterocycles.